The summed E-state index contributed by atoms with van der Waals surface area (Å²) in [4.78, 5) is 15.3. The summed E-state index contributed by atoms with van der Waals surface area (Å²) in [5.41, 5.74) is 2.61. The maximum atomic E-state index is 11.1. The molecule has 6 heteroatoms. The molecule has 19 heavy (non-hydrogen) atoms. The van der Waals surface area contributed by atoms with Gasteiger partial charge in [-0.05, 0) is 32.9 Å². The summed E-state index contributed by atoms with van der Waals surface area (Å²) >= 11 is 0. The summed E-state index contributed by atoms with van der Waals surface area (Å²) in [6, 6.07) is 3.21. The molecule has 2 heterocycles. The number of aromatic nitrogens is 2. The van der Waals surface area contributed by atoms with Crippen LogP contribution in [-0.4, -0.2) is 21.2 Å². The minimum Gasteiger partial charge on any atom is -0.478 e. The van der Waals surface area contributed by atoms with E-state index in [1.807, 2.05) is 20.8 Å². The van der Waals surface area contributed by atoms with E-state index in [1.54, 1.807) is 12.1 Å². The average Bonchev–Trinajstić information content (AvgIpc) is 2.66. The average molecular weight is 261 g/mol. The van der Waals surface area contributed by atoms with Crippen molar-refractivity contribution in [3.63, 3.8) is 0 Å². The first-order chi connectivity index (χ1) is 8.99. The Morgan fingerprint density at radius 3 is 2.68 bits per heavy atom. The van der Waals surface area contributed by atoms with Crippen molar-refractivity contribution in [2.75, 3.05) is 5.32 Å². The van der Waals surface area contributed by atoms with Crippen molar-refractivity contribution in [1.82, 2.24) is 10.1 Å². The third-order valence-corrected chi connectivity index (χ3v) is 2.88. The van der Waals surface area contributed by atoms with Gasteiger partial charge in [0.05, 0.1) is 5.69 Å². The highest BCUT2D eigenvalue weighted by Gasteiger charge is 2.14. The van der Waals surface area contributed by atoms with Crippen LogP contribution >= 0.6 is 0 Å². The third kappa shape index (κ3) is 2.73. The molecule has 0 bridgehead atoms. The predicted molar refractivity (Wildman–Crippen MR) is 69.2 cm³/mol. The summed E-state index contributed by atoms with van der Waals surface area (Å²) in [5, 5.41) is 16.0. The van der Waals surface area contributed by atoms with E-state index in [9.17, 15) is 4.79 Å². The lowest BCUT2D eigenvalue weighted by Crippen LogP contribution is -2.09. The second-order valence-corrected chi connectivity index (χ2v) is 4.31. The van der Waals surface area contributed by atoms with Crippen LogP contribution in [0.3, 0.4) is 0 Å². The van der Waals surface area contributed by atoms with Gasteiger partial charge in [0.1, 0.15) is 17.1 Å². The van der Waals surface area contributed by atoms with Gasteiger partial charge in [-0.2, -0.15) is 0 Å². The quantitative estimate of drug-likeness (QED) is 0.878. The van der Waals surface area contributed by atoms with Crippen molar-refractivity contribution in [2.45, 2.75) is 27.3 Å². The van der Waals surface area contributed by atoms with Crippen LogP contribution in [0.5, 0.6) is 0 Å². The molecule has 0 radical (unpaired) electrons. The van der Waals surface area contributed by atoms with Gasteiger partial charge in [0, 0.05) is 17.8 Å². The van der Waals surface area contributed by atoms with E-state index in [-0.39, 0.29) is 5.56 Å². The summed E-state index contributed by atoms with van der Waals surface area (Å²) in [7, 11) is 0. The number of pyridine rings is 1. The molecule has 0 fully saturated rings. The number of aromatic carboxylic acids is 1. The zero-order chi connectivity index (χ0) is 14.0. The molecule has 2 N–H and O–H groups in total. The first kappa shape index (κ1) is 13.1. The largest absolute Gasteiger partial charge is 0.478 e. The van der Waals surface area contributed by atoms with E-state index < -0.39 is 5.97 Å². The second kappa shape index (κ2) is 5.09. The molecule has 6 nitrogen and oxygen atoms in total. The Morgan fingerprint density at radius 1 is 1.37 bits per heavy atom. The zero-order valence-corrected chi connectivity index (χ0v) is 11.0. The van der Waals surface area contributed by atoms with Crippen molar-refractivity contribution >= 4 is 11.8 Å². The number of rotatable bonds is 4. The maximum absolute atomic E-state index is 11.1. The molecule has 0 amide bonds. The molecule has 100 valence electrons. The van der Waals surface area contributed by atoms with Crippen LogP contribution in [0.1, 0.15) is 33.1 Å². The van der Waals surface area contributed by atoms with Gasteiger partial charge in [-0.15, -0.1) is 0 Å². The SMILES string of the molecule is Cc1ccc(C(=O)O)c(NCc2c(C)noc2C)n1. The van der Waals surface area contributed by atoms with Gasteiger partial charge in [-0.1, -0.05) is 5.16 Å². The lowest BCUT2D eigenvalue weighted by molar-refractivity contribution is 0.0697. The highest BCUT2D eigenvalue weighted by Crippen LogP contribution is 2.17. The van der Waals surface area contributed by atoms with E-state index in [0.29, 0.717) is 12.4 Å². The molecule has 0 unspecified atom stereocenters. The highest BCUT2D eigenvalue weighted by molar-refractivity contribution is 5.93. The third-order valence-electron chi connectivity index (χ3n) is 2.88. The predicted octanol–water partition coefficient (Wildman–Crippen LogP) is 2.31. The van der Waals surface area contributed by atoms with Gasteiger partial charge >= 0.3 is 5.97 Å². The fourth-order valence-corrected chi connectivity index (χ4v) is 1.79. The first-order valence-corrected chi connectivity index (χ1v) is 5.85. The van der Waals surface area contributed by atoms with Crippen LogP contribution in [0.4, 0.5) is 5.82 Å². The monoisotopic (exact) mass is 261 g/mol. The molecule has 0 atom stereocenters. The topological polar surface area (TPSA) is 88.2 Å². The standard InChI is InChI=1S/C13H15N3O3/c1-7-4-5-10(13(17)18)12(15-7)14-6-11-8(2)16-19-9(11)3/h4-5H,6H2,1-3H3,(H,14,15)(H,17,18). The smallest absolute Gasteiger partial charge is 0.339 e. The number of carboxylic acid groups (broad SMARTS) is 1. The van der Waals surface area contributed by atoms with E-state index in [4.69, 9.17) is 9.63 Å². The summed E-state index contributed by atoms with van der Waals surface area (Å²) in [5.74, 6) is 0.0655. The molecule has 0 saturated heterocycles. The normalized spacial score (nSPS) is 10.5. The molecule has 2 aromatic rings. The zero-order valence-electron chi connectivity index (χ0n) is 11.0. The minimum absolute atomic E-state index is 0.150. The van der Waals surface area contributed by atoms with Gasteiger partial charge < -0.3 is 14.9 Å². The van der Waals surface area contributed by atoms with Crippen molar-refractivity contribution < 1.29 is 14.4 Å². The van der Waals surface area contributed by atoms with E-state index in [2.05, 4.69) is 15.5 Å². The van der Waals surface area contributed by atoms with Crippen molar-refractivity contribution in [2.24, 2.45) is 0 Å². The van der Waals surface area contributed by atoms with E-state index >= 15 is 0 Å². The number of nitrogens with zero attached hydrogens (tertiary/aromatic N) is 2. The minimum atomic E-state index is -1.01. The van der Waals surface area contributed by atoms with Crippen LogP contribution < -0.4 is 5.32 Å². The van der Waals surface area contributed by atoms with Gasteiger partial charge in [0.2, 0.25) is 0 Å². The first-order valence-electron chi connectivity index (χ1n) is 5.85. The lowest BCUT2D eigenvalue weighted by Gasteiger charge is -2.09. The van der Waals surface area contributed by atoms with Crippen molar-refractivity contribution in [3.05, 3.63) is 40.4 Å². The Balaban J connectivity index is 2.24. The number of aryl methyl sites for hydroxylation is 3. The number of hydrogen-bond donors (Lipinski definition) is 2. The van der Waals surface area contributed by atoms with Crippen molar-refractivity contribution in [3.8, 4) is 0 Å². The van der Waals surface area contributed by atoms with Crippen LogP contribution in [0.2, 0.25) is 0 Å². The van der Waals surface area contributed by atoms with Crippen LogP contribution in [0, 0.1) is 20.8 Å². The Hall–Kier alpha value is -2.37. The summed E-state index contributed by atoms with van der Waals surface area (Å²) < 4.78 is 5.06. The van der Waals surface area contributed by atoms with Crippen molar-refractivity contribution in [1.29, 1.82) is 0 Å². The Bertz CT molecular complexity index is 600. The summed E-state index contributed by atoms with van der Waals surface area (Å²) in [6.45, 7) is 5.90. The van der Waals surface area contributed by atoms with Gasteiger partial charge in [0.25, 0.3) is 0 Å². The molecule has 2 aromatic heterocycles. The Morgan fingerprint density at radius 2 is 2.11 bits per heavy atom. The maximum Gasteiger partial charge on any atom is 0.339 e. The fraction of sp³-hybridized carbons (Fsp3) is 0.308. The van der Waals surface area contributed by atoms with Crippen LogP contribution in [0.25, 0.3) is 0 Å². The summed E-state index contributed by atoms with van der Waals surface area (Å²) in [6.07, 6.45) is 0. The fourth-order valence-electron chi connectivity index (χ4n) is 1.79. The molecule has 2 rings (SSSR count). The number of carbonyl (C=O) groups is 1. The van der Waals surface area contributed by atoms with E-state index in [1.165, 1.54) is 0 Å². The molecular formula is C13H15N3O3. The Labute approximate surface area is 110 Å². The molecular weight excluding hydrogens is 246 g/mol. The molecule has 0 saturated carbocycles. The Kier molecular flexibility index (Phi) is 3.50. The number of anilines is 1. The molecule has 0 aromatic carbocycles. The molecule has 0 spiro atoms. The van der Waals surface area contributed by atoms with Gasteiger partial charge in [-0.25, -0.2) is 9.78 Å². The van der Waals surface area contributed by atoms with Crippen LogP contribution in [-0.2, 0) is 6.54 Å². The van der Waals surface area contributed by atoms with E-state index in [0.717, 1.165) is 22.7 Å². The molecule has 0 aliphatic rings. The van der Waals surface area contributed by atoms with Gasteiger partial charge in [-0.3, -0.25) is 0 Å². The number of nitrogens with one attached hydrogen (secondary N) is 1. The second-order valence-electron chi connectivity index (χ2n) is 4.31. The number of hydrogen-bond acceptors (Lipinski definition) is 5. The van der Waals surface area contributed by atoms with Crippen LogP contribution in [0.15, 0.2) is 16.7 Å². The van der Waals surface area contributed by atoms with Gasteiger partial charge in [0.15, 0.2) is 0 Å². The molecule has 0 aliphatic heterocycles. The molecule has 0 aliphatic carbocycles. The lowest BCUT2D eigenvalue weighted by atomic mass is 10.2. The number of carboxylic acids is 1. The highest BCUT2D eigenvalue weighted by atomic mass is 16.5.